The molecule has 3 nitrogen and oxygen atoms in total. The molecule has 3 heteroatoms. The second kappa shape index (κ2) is 5.92. The molecule has 3 rings (SSSR count). The molecule has 0 saturated carbocycles. The standard InChI is InChI=1S/C17H21NO2/c19-17(14-18-9-11-20-12-10-18)8-4-7-16(13-17)15-5-2-1-3-6-15/h1-8,19H,9-14H2. The summed E-state index contributed by atoms with van der Waals surface area (Å²) in [5.41, 5.74) is 1.62. The molecule has 0 spiro atoms. The average Bonchev–Trinajstić information content (AvgIpc) is 2.49. The average molecular weight is 271 g/mol. The Hall–Kier alpha value is -1.42. The Labute approximate surface area is 120 Å². The maximum Gasteiger partial charge on any atom is 0.0997 e. The maximum atomic E-state index is 10.8. The first-order chi connectivity index (χ1) is 9.75. The minimum atomic E-state index is -0.767. The van der Waals surface area contributed by atoms with Crippen LogP contribution in [-0.4, -0.2) is 48.5 Å². The van der Waals surface area contributed by atoms with E-state index < -0.39 is 5.60 Å². The molecule has 0 radical (unpaired) electrons. The van der Waals surface area contributed by atoms with E-state index in [1.807, 2.05) is 30.4 Å². The normalized spacial score (nSPS) is 27.4. The fourth-order valence-electron chi connectivity index (χ4n) is 2.90. The molecule has 1 fully saturated rings. The van der Waals surface area contributed by atoms with Crippen molar-refractivity contribution in [3.05, 3.63) is 54.1 Å². The molecule has 1 aliphatic carbocycles. The number of morpholine rings is 1. The fraction of sp³-hybridized carbons (Fsp3) is 0.412. The molecule has 20 heavy (non-hydrogen) atoms. The zero-order valence-electron chi connectivity index (χ0n) is 11.7. The third-order valence-corrected chi connectivity index (χ3v) is 3.95. The van der Waals surface area contributed by atoms with Crippen LogP contribution in [0.25, 0.3) is 5.57 Å². The first-order valence-electron chi connectivity index (χ1n) is 7.22. The van der Waals surface area contributed by atoms with E-state index in [1.165, 1.54) is 11.1 Å². The number of allylic oxidation sites excluding steroid dienone is 2. The summed E-state index contributed by atoms with van der Waals surface area (Å²) < 4.78 is 5.36. The van der Waals surface area contributed by atoms with Gasteiger partial charge in [0.1, 0.15) is 0 Å². The fourth-order valence-corrected chi connectivity index (χ4v) is 2.90. The number of benzene rings is 1. The molecule has 106 valence electrons. The van der Waals surface area contributed by atoms with Crippen molar-refractivity contribution < 1.29 is 9.84 Å². The number of hydrogen-bond acceptors (Lipinski definition) is 3. The van der Waals surface area contributed by atoms with E-state index in [4.69, 9.17) is 4.74 Å². The van der Waals surface area contributed by atoms with E-state index in [0.717, 1.165) is 26.3 Å². The molecule has 1 heterocycles. The Kier molecular flexibility index (Phi) is 4.01. The lowest BCUT2D eigenvalue weighted by molar-refractivity contribution is -0.00764. The van der Waals surface area contributed by atoms with E-state index in [9.17, 15) is 5.11 Å². The van der Waals surface area contributed by atoms with Crippen molar-refractivity contribution in [2.45, 2.75) is 12.0 Å². The van der Waals surface area contributed by atoms with Gasteiger partial charge in [-0.1, -0.05) is 48.6 Å². The van der Waals surface area contributed by atoms with Gasteiger partial charge in [-0.05, 0) is 11.1 Å². The Balaban J connectivity index is 1.70. The van der Waals surface area contributed by atoms with Crippen LogP contribution >= 0.6 is 0 Å². The van der Waals surface area contributed by atoms with Gasteiger partial charge >= 0.3 is 0 Å². The summed E-state index contributed by atoms with van der Waals surface area (Å²) >= 11 is 0. The lowest BCUT2D eigenvalue weighted by Gasteiger charge is -2.36. The number of β-amino-alcohol motifs (C(OH)–C–C–N with tert-alkyl or cyclic N) is 1. The van der Waals surface area contributed by atoms with Crippen LogP contribution in [0.15, 0.2) is 48.6 Å². The lowest BCUT2D eigenvalue weighted by atomic mass is 9.86. The van der Waals surface area contributed by atoms with Crippen LogP contribution < -0.4 is 0 Å². The number of hydrogen-bond donors (Lipinski definition) is 1. The van der Waals surface area contributed by atoms with Gasteiger partial charge in [0.15, 0.2) is 0 Å². The van der Waals surface area contributed by atoms with E-state index in [1.54, 1.807) is 0 Å². The molecule has 2 aliphatic rings. The molecule has 0 aromatic heterocycles. The van der Waals surface area contributed by atoms with Gasteiger partial charge in [-0.3, -0.25) is 4.90 Å². The predicted molar refractivity (Wildman–Crippen MR) is 80.4 cm³/mol. The third kappa shape index (κ3) is 3.18. The zero-order chi connectivity index (χ0) is 13.8. The van der Waals surface area contributed by atoms with Crippen molar-refractivity contribution in [3.63, 3.8) is 0 Å². The number of nitrogens with zero attached hydrogens (tertiary/aromatic N) is 1. The molecule has 1 aliphatic heterocycles. The topological polar surface area (TPSA) is 32.7 Å². The molecule has 1 aromatic carbocycles. The maximum absolute atomic E-state index is 10.8. The predicted octanol–water partition coefficient (Wildman–Crippen LogP) is 2.09. The molecule has 1 N–H and O–H groups in total. The second-order valence-electron chi connectivity index (χ2n) is 5.59. The first-order valence-corrected chi connectivity index (χ1v) is 7.22. The zero-order valence-corrected chi connectivity index (χ0v) is 11.7. The van der Waals surface area contributed by atoms with Gasteiger partial charge in [0.25, 0.3) is 0 Å². The molecular formula is C17H21NO2. The minimum absolute atomic E-state index is 0.671. The first kappa shape index (κ1) is 13.6. The number of ether oxygens (including phenoxy) is 1. The van der Waals surface area contributed by atoms with Crippen molar-refractivity contribution >= 4 is 5.57 Å². The van der Waals surface area contributed by atoms with Crippen LogP contribution in [0.1, 0.15) is 12.0 Å². The molecule has 1 saturated heterocycles. The van der Waals surface area contributed by atoms with Crippen molar-refractivity contribution in [1.82, 2.24) is 4.90 Å². The monoisotopic (exact) mass is 271 g/mol. The summed E-state index contributed by atoms with van der Waals surface area (Å²) in [5, 5.41) is 10.8. The van der Waals surface area contributed by atoms with Crippen LogP contribution in [-0.2, 0) is 4.74 Å². The summed E-state index contributed by atoms with van der Waals surface area (Å²) in [5.74, 6) is 0. The van der Waals surface area contributed by atoms with Crippen molar-refractivity contribution in [2.75, 3.05) is 32.8 Å². The number of rotatable bonds is 3. The van der Waals surface area contributed by atoms with E-state index in [0.29, 0.717) is 13.0 Å². The van der Waals surface area contributed by atoms with Gasteiger partial charge in [-0.25, -0.2) is 0 Å². The van der Waals surface area contributed by atoms with Crippen LogP contribution in [0, 0.1) is 0 Å². The molecule has 0 bridgehead atoms. The summed E-state index contributed by atoms with van der Waals surface area (Å²) in [6.07, 6.45) is 6.68. The quantitative estimate of drug-likeness (QED) is 0.914. The summed E-state index contributed by atoms with van der Waals surface area (Å²) in [4.78, 5) is 2.28. The van der Waals surface area contributed by atoms with Gasteiger partial charge < -0.3 is 9.84 Å². The third-order valence-electron chi connectivity index (χ3n) is 3.95. The highest BCUT2D eigenvalue weighted by atomic mass is 16.5. The number of aliphatic hydroxyl groups is 1. The van der Waals surface area contributed by atoms with E-state index in [-0.39, 0.29) is 0 Å². The van der Waals surface area contributed by atoms with Crippen LogP contribution in [0.4, 0.5) is 0 Å². The van der Waals surface area contributed by atoms with Gasteiger partial charge in [-0.15, -0.1) is 0 Å². The summed E-state index contributed by atoms with van der Waals surface area (Å²) in [6.45, 7) is 4.01. The Morgan fingerprint density at radius 3 is 2.65 bits per heavy atom. The van der Waals surface area contributed by atoms with Crippen LogP contribution in [0.3, 0.4) is 0 Å². The highest BCUT2D eigenvalue weighted by Gasteiger charge is 2.30. The Bertz CT molecular complexity index is 503. The molecule has 1 atom stereocenters. The second-order valence-corrected chi connectivity index (χ2v) is 5.59. The van der Waals surface area contributed by atoms with E-state index in [2.05, 4.69) is 23.1 Å². The van der Waals surface area contributed by atoms with E-state index >= 15 is 0 Å². The molecular weight excluding hydrogens is 250 g/mol. The molecule has 1 unspecified atom stereocenters. The smallest absolute Gasteiger partial charge is 0.0997 e. The minimum Gasteiger partial charge on any atom is -0.384 e. The lowest BCUT2D eigenvalue weighted by Crippen LogP contribution is -2.47. The van der Waals surface area contributed by atoms with Crippen molar-refractivity contribution in [3.8, 4) is 0 Å². The van der Waals surface area contributed by atoms with Gasteiger partial charge in [-0.2, -0.15) is 0 Å². The van der Waals surface area contributed by atoms with Crippen molar-refractivity contribution in [2.24, 2.45) is 0 Å². The molecule has 1 aromatic rings. The van der Waals surface area contributed by atoms with Crippen molar-refractivity contribution in [1.29, 1.82) is 0 Å². The highest BCUT2D eigenvalue weighted by molar-refractivity contribution is 5.69. The Morgan fingerprint density at radius 2 is 1.90 bits per heavy atom. The van der Waals surface area contributed by atoms with Gasteiger partial charge in [0, 0.05) is 26.1 Å². The summed E-state index contributed by atoms with van der Waals surface area (Å²) in [6, 6.07) is 10.3. The highest BCUT2D eigenvalue weighted by Crippen LogP contribution is 2.30. The SMILES string of the molecule is OC1(CN2CCOCC2)C=CC=C(c2ccccc2)C1. The molecule has 0 amide bonds. The Morgan fingerprint density at radius 1 is 1.15 bits per heavy atom. The largest absolute Gasteiger partial charge is 0.384 e. The van der Waals surface area contributed by atoms with Crippen LogP contribution in [0.5, 0.6) is 0 Å². The summed E-state index contributed by atoms with van der Waals surface area (Å²) in [7, 11) is 0. The van der Waals surface area contributed by atoms with Gasteiger partial charge in [0.05, 0.1) is 18.8 Å². The van der Waals surface area contributed by atoms with Crippen LogP contribution in [0.2, 0.25) is 0 Å². The van der Waals surface area contributed by atoms with Gasteiger partial charge in [0.2, 0.25) is 0 Å².